The number of hydrogen-bond donors (Lipinski definition) is 0. The van der Waals surface area contributed by atoms with Crippen LogP contribution in [0.3, 0.4) is 0 Å². The van der Waals surface area contributed by atoms with Crippen LogP contribution in [0.1, 0.15) is 25.7 Å². The fraction of sp³-hybridized carbons (Fsp3) is 0.231. The summed E-state index contributed by atoms with van der Waals surface area (Å²) in [5.74, 6) is -1.21. The molecule has 2 aromatic rings. The van der Waals surface area contributed by atoms with Gasteiger partial charge in [0.1, 0.15) is 0 Å². The molecule has 0 aliphatic rings. The Bertz CT molecular complexity index is 588. The fourth-order valence-electron chi connectivity index (χ4n) is 1.56. The molecule has 0 amide bonds. The van der Waals surface area contributed by atoms with E-state index >= 15 is 0 Å². The molecule has 0 aliphatic carbocycles. The minimum atomic E-state index is -0.714. The van der Waals surface area contributed by atoms with E-state index in [1.165, 1.54) is 30.7 Å². The third-order valence-electron chi connectivity index (χ3n) is 2.68. The summed E-state index contributed by atoms with van der Waals surface area (Å²) < 4.78 is 18.7. The van der Waals surface area contributed by atoms with Gasteiger partial charge in [-0.05, 0) is 31.5 Å². The quantitative estimate of drug-likeness (QED) is 0.800. The maximum absolute atomic E-state index is 13.9. The maximum atomic E-state index is 13.9. The van der Waals surface area contributed by atoms with Gasteiger partial charge in [0, 0.05) is 11.1 Å². The Hall–Kier alpha value is -1.75. The molecule has 0 saturated carbocycles. The lowest BCUT2D eigenvalue weighted by Gasteiger charge is -2.04. The molecule has 0 unspecified atom stereocenters. The average Bonchev–Trinajstić information content (AvgIpc) is 2.69. The molecule has 3 nitrogen and oxygen atoms in total. The molecule has 0 spiro atoms. The van der Waals surface area contributed by atoms with Crippen molar-refractivity contribution in [3.63, 3.8) is 0 Å². The molecule has 0 radical (unpaired) electrons. The minimum absolute atomic E-state index is 0.0110. The molecule has 2 rings (SSSR count). The second kappa shape index (κ2) is 4.86. The van der Waals surface area contributed by atoms with Crippen LogP contribution in [0.25, 0.3) is 0 Å². The minimum Gasteiger partial charge on any atom is -0.479 e. The summed E-state index contributed by atoms with van der Waals surface area (Å²) in [6.07, 6.45) is 1.36. The van der Waals surface area contributed by atoms with Gasteiger partial charge in [0.25, 0.3) is 5.88 Å². The number of methoxy groups -OCH3 is 1. The second-order valence-electron chi connectivity index (χ2n) is 3.86. The summed E-state index contributed by atoms with van der Waals surface area (Å²) in [6.45, 7) is 3.85. The summed E-state index contributed by atoms with van der Waals surface area (Å²) >= 11 is 1.36. The molecule has 5 heteroatoms. The number of aryl methyl sites for hydroxylation is 2. The average molecular weight is 265 g/mol. The van der Waals surface area contributed by atoms with E-state index in [9.17, 15) is 9.18 Å². The van der Waals surface area contributed by atoms with E-state index < -0.39 is 5.82 Å². The lowest BCUT2D eigenvalue weighted by Crippen LogP contribution is -2.05. The number of halogens is 1. The SMILES string of the molecule is COc1nccc(C(=O)c2cc(C)c(C)s2)c1F. The van der Waals surface area contributed by atoms with Gasteiger partial charge in [-0.1, -0.05) is 0 Å². The van der Waals surface area contributed by atoms with E-state index in [0.29, 0.717) is 4.88 Å². The Labute approximate surface area is 108 Å². The summed E-state index contributed by atoms with van der Waals surface area (Å²) in [5.41, 5.74) is 1.02. The van der Waals surface area contributed by atoms with Crippen LogP contribution < -0.4 is 4.74 Å². The van der Waals surface area contributed by atoms with Gasteiger partial charge in [-0.25, -0.2) is 9.37 Å². The lowest BCUT2D eigenvalue weighted by molar-refractivity contribution is 0.103. The molecule has 0 atom stereocenters. The number of carbonyl (C=O) groups excluding carboxylic acids is 1. The second-order valence-corrected chi connectivity index (χ2v) is 5.12. The predicted molar refractivity (Wildman–Crippen MR) is 68.0 cm³/mol. The van der Waals surface area contributed by atoms with Gasteiger partial charge in [0.2, 0.25) is 5.78 Å². The Kier molecular flexibility index (Phi) is 3.43. The van der Waals surface area contributed by atoms with Crippen LogP contribution in [0.5, 0.6) is 5.88 Å². The zero-order chi connectivity index (χ0) is 13.3. The molecule has 0 bridgehead atoms. The highest BCUT2D eigenvalue weighted by atomic mass is 32.1. The number of aromatic nitrogens is 1. The van der Waals surface area contributed by atoms with E-state index in [1.807, 2.05) is 13.8 Å². The molecule has 2 aromatic heterocycles. The van der Waals surface area contributed by atoms with E-state index in [0.717, 1.165) is 10.4 Å². The first kappa shape index (κ1) is 12.7. The zero-order valence-corrected chi connectivity index (χ0v) is 11.1. The van der Waals surface area contributed by atoms with Crippen molar-refractivity contribution in [2.24, 2.45) is 0 Å². The van der Waals surface area contributed by atoms with Crippen molar-refractivity contribution in [1.82, 2.24) is 4.98 Å². The Morgan fingerprint density at radius 1 is 1.44 bits per heavy atom. The Morgan fingerprint density at radius 3 is 2.72 bits per heavy atom. The number of nitrogens with zero attached hydrogens (tertiary/aromatic N) is 1. The fourth-order valence-corrected chi connectivity index (χ4v) is 2.55. The van der Waals surface area contributed by atoms with Crippen molar-refractivity contribution in [1.29, 1.82) is 0 Å². The normalized spacial score (nSPS) is 10.4. The monoisotopic (exact) mass is 265 g/mol. The standard InChI is InChI=1S/C13H12FNO2S/c1-7-6-10(18-8(7)2)12(16)9-4-5-15-13(17-3)11(9)14/h4-6H,1-3H3. The van der Waals surface area contributed by atoms with Crippen LogP contribution in [-0.4, -0.2) is 17.9 Å². The maximum Gasteiger partial charge on any atom is 0.250 e. The van der Waals surface area contributed by atoms with Gasteiger partial charge in [0.05, 0.1) is 17.6 Å². The van der Waals surface area contributed by atoms with Gasteiger partial charge >= 0.3 is 0 Å². The molecular weight excluding hydrogens is 253 g/mol. The van der Waals surface area contributed by atoms with Gasteiger partial charge in [-0.2, -0.15) is 0 Å². The van der Waals surface area contributed by atoms with E-state index in [-0.39, 0.29) is 17.2 Å². The molecule has 0 N–H and O–H groups in total. The number of rotatable bonds is 3. The molecule has 0 aliphatic heterocycles. The first-order valence-corrected chi connectivity index (χ1v) is 6.16. The van der Waals surface area contributed by atoms with E-state index in [4.69, 9.17) is 4.74 Å². The topological polar surface area (TPSA) is 39.2 Å². The highest BCUT2D eigenvalue weighted by Crippen LogP contribution is 2.26. The Balaban J connectivity index is 2.46. The summed E-state index contributed by atoms with van der Waals surface area (Å²) in [4.78, 5) is 17.5. The van der Waals surface area contributed by atoms with Crippen LogP contribution in [-0.2, 0) is 0 Å². The predicted octanol–water partition coefficient (Wildman–Crippen LogP) is 3.14. The smallest absolute Gasteiger partial charge is 0.250 e. The van der Waals surface area contributed by atoms with Crippen molar-refractivity contribution in [2.45, 2.75) is 13.8 Å². The molecule has 0 saturated heterocycles. The molecule has 18 heavy (non-hydrogen) atoms. The molecule has 0 fully saturated rings. The summed E-state index contributed by atoms with van der Waals surface area (Å²) in [7, 11) is 1.32. The van der Waals surface area contributed by atoms with Crippen LogP contribution in [0, 0.1) is 19.7 Å². The number of ketones is 1. The third kappa shape index (κ3) is 2.13. The number of carbonyl (C=O) groups is 1. The van der Waals surface area contributed by atoms with Crippen LogP contribution in [0.15, 0.2) is 18.3 Å². The van der Waals surface area contributed by atoms with Gasteiger partial charge in [-0.15, -0.1) is 11.3 Å². The van der Waals surface area contributed by atoms with Crippen LogP contribution >= 0.6 is 11.3 Å². The van der Waals surface area contributed by atoms with Gasteiger partial charge < -0.3 is 4.74 Å². The number of ether oxygens (including phenoxy) is 1. The largest absolute Gasteiger partial charge is 0.479 e. The van der Waals surface area contributed by atoms with Crippen molar-refractivity contribution >= 4 is 17.1 Å². The molecule has 0 aromatic carbocycles. The van der Waals surface area contributed by atoms with Crippen molar-refractivity contribution in [3.05, 3.63) is 45.0 Å². The van der Waals surface area contributed by atoms with Crippen molar-refractivity contribution in [2.75, 3.05) is 7.11 Å². The summed E-state index contributed by atoms with van der Waals surface area (Å²) in [6, 6.07) is 3.14. The third-order valence-corrected chi connectivity index (χ3v) is 3.84. The molecular formula is C13H12FNO2S. The van der Waals surface area contributed by atoms with Crippen molar-refractivity contribution in [3.8, 4) is 5.88 Å². The highest BCUT2D eigenvalue weighted by Gasteiger charge is 2.20. The van der Waals surface area contributed by atoms with Crippen LogP contribution in [0.2, 0.25) is 0 Å². The number of thiophene rings is 1. The van der Waals surface area contributed by atoms with E-state index in [1.54, 1.807) is 6.07 Å². The zero-order valence-electron chi connectivity index (χ0n) is 10.3. The molecule has 2 heterocycles. The first-order valence-electron chi connectivity index (χ1n) is 5.34. The Morgan fingerprint density at radius 2 is 2.17 bits per heavy atom. The molecule has 94 valence electrons. The first-order chi connectivity index (χ1) is 8.54. The number of pyridine rings is 1. The van der Waals surface area contributed by atoms with Gasteiger partial charge in [-0.3, -0.25) is 4.79 Å². The van der Waals surface area contributed by atoms with Crippen molar-refractivity contribution < 1.29 is 13.9 Å². The number of hydrogen-bond acceptors (Lipinski definition) is 4. The lowest BCUT2D eigenvalue weighted by atomic mass is 10.1. The highest BCUT2D eigenvalue weighted by molar-refractivity contribution is 7.14. The van der Waals surface area contributed by atoms with Gasteiger partial charge in [0.15, 0.2) is 5.82 Å². The summed E-state index contributed by atoms with van der Waals surface area (Å²) in [5, 5.41) is 0. The van der Waals surface area contributed by atoms with E-state index in [2.05, 4.69) is 4.98 Å². The van der Waals surface area contributed by atoms with Crippen LogP contribution in [0.4, 0.5) is 4.39 Å².